The average molecular weight is 749 g/mol. The number of unbranched alkanes of at least 4 members (excludes halogenated alkanes) is 2. The number of ether oxygens (including phenoxy) is 1. The van der Waals surface area contributed by atoms with Crippen LogP contribution in [0.25, 0.3) is 0 Å². The first-order valence-electron chi connectivity index (χ1n) is 18.2. The zero-order valence-corrected chi connectivity index (χ0v) is 31.0. The Morgan fingerprint density at radius 2 is 1.47 bits per heavy atom. The fourth-order valence-electron chi connectivity index (χ4n) is 5.66. The van der Waals surface area contributed by atoms with Gasteiger partial charge in [0, 0.05) is 50.1 Å². The second kappa shape index (κ2) is 25.7. The van der Waals surface area contributed by atoms with Crippen LogP contribution in [0.4, 0.5) is 0 Å². The van der Waals surface area contributed by atoms with Crippen LogP contribution in [-0.2, 0) is 44.7 Å². The van der Waals surface area contributed by atoms with Crippen molar-refractivity contribution in [1.29, 1.82) is 0 Å². The van der Waals surface area contributed by atoms with E-state index in [-0.39, 0.29) is 69.2 Å². The first kappa shape index (κ1) is 46.8. The Balaban J connectivity index is 2.64. The lowest BCUT2D eigenvalue weighted by Gasteiger charge is -2.26. The highest BCUT2D eigenvalue weighted by molar-refractivity contribution is 5.92. The monoisotopic (exact) mass is 748 g/mol. The lowest BCUT2D eigenvalue weighted by Crippen LogP contribution is -2.50. The molecule has 0 heterocycles. The van der Waals surface area contributed by atoms with Crippen LogP contribution in [0.2, 0.25) is 0 Å². The maximum atomic E-state index is 13.4. The van der Waals surface area contributed by atoms with E-state index in [4.69, 9.17) is 27.7 Å². The number of nitrogens with one attached hydrogen (secondary N) is 2. The van der Waals surface area contributed by atoms with Crippen molar-refractivity contribution >= 4 is 41.2 Å². The number of aliphatic hydroxyl groups is 2. The number of hydrogen-bond acceptors (Lipinski definition) is 12. The summed E-state index contributed by atoms with van der Waals surface area (Å²) in [6.45, 7) is 3.04. The third kappa shape index (κ3) is 19.4. The van der Waals surface area contributed by atoms with Gasteiger partial charge in [-0.15, -0.1) is 0 Å². The molecule has 6 unspecified atom stereocenters. The number of amides is 4. The van der Waals surface area contributed by atoms with Crippen molar-refractivity contribution < 1.29 is 48.5 Å². The van der Waals surface area contributed by atoms with Crippen molar-refractivity contribution in [3.63, 3.8) is 0 Å². The molecule has 0 aromatic heterocycles. The maximum absolute atomic E-state index is 13.4. The highest BCUT2D eigenvalue weighted by Gasteiger charge is 2.37. The summed E-state index contributed by atoms with van der Waals surface area (Å²) in [5, 5.41) is 24.1. The summed E-state index contributed by atoms with van der Waals surface area (Å²) >= 11 is 0. The van der Waals surface area contributed by atoms with Gasteiger partial charge in [0.05, 0.1) is 31.8 Å². The lowest BCUT2D eigenvalue weighted by atomic mass is 9.79. The molecule has 4 amide bonds. The largest absolute Gasteiger partial charge is 0.465 e. The molecule has 16 nitrogen and oxygen atoms in total. The summed E-state index contributed by atoms with van der Waals surface area (Å²) in [6.07, 6.45) is 1.35. The third-order valence-corrected chi connectivity index (χ3v) is 8.78. The number of rotatable bonds is 29. The number of aliphatic hydroxyl groups excluding tert-OH is 2. The van der Waals surface area contributed by atoms with E-state index in [1.54, 1.807) is 0 Å². The van der Waals surface area contributed by atoms with E-state index in [1.165, 1.54) is 0 Å². The summed E-state index contributed by atoms with van der Waals surface area (Å²) in [4.78, 5) is 88.2. The Kier molecular flexibility index (Phi) is 22.7. The molecular weight excluding hydrogens is 688 g/mol. The lowest BCUT2D eigenvalue weighted by molar-refractivity contribution is -0.155. The Bertz CT molecular complexity index is 1330. The predicted octanol–water partition coefficient (Wildman–Crippen LogP) is -0.473. The van der Waals surface area contributed by atoms with Crippen LogP contribution in [-0.4, -0.2) is 95.9 Å². The van der Waals surface area contributed by atoms with Crippen LogP contribution < -0.4 is 33.6 Å². The first-order chi connectivity index (χ1) is 25.1. The zero-order valence-electron chi connectivity index (χ0n) is 31.0. The molecule has 0 radical (unpaired) electrons. The van der Waals surface area contributed by atoms with Gasteiger partial charge in [0.2, 0.25) is 23.6 Å². The molecule has 0 bridgehead atoms. The molecule has 0 saturated heterocycles. The highest BCUT2D eigenvalue weighted by atomic mass is 16.5. The van der Waals surface area contributed by atoms with Crippen LogP contribution in [0.3, 0.4) is 0 Å². The van der Waals surface area contributed by atoms with Crippen LogP contribution in [0, 0.1) is 23.7 Å². The number of ketones is 2. The summed E-state index contributed by atoms with van der Waals surface area (Å²) in [5.74, 6) is -7.07. The third-order valence-electron chi connectivity index (χ3n) is 8.78. The van der Waals surface area contributed by atoms with Gasteiger partial charge in [0.15, 0.2) is 5.78 Å². The van der Waals surface area contributed by atoms with Gasteiger partial charge in [0.25, 0.3) is 0 Å². The Morgan fingerprint density at radius 3 is 2.06 bits per heavy atom. The van der Waals surface area contributed by atoms with Gasteiger partial charge >= 0.3 is 5.97 Å². The zero-order chi connectivity index (χ0) is 39.9. The molecule has 0 spiro atoms. The minimum absolute atomic E-state index is 0.00473. The number of Topliss-reactive ketones (excluding diaryl/α,β-unsaturated/α-hetero) is 2. The van der Waals surface area contributed by atoms with Crippen LogP contribution in [0.5, 0.6) is 0 Å². The second-order valence-corrected chi connectivity index (χ2v) is 13.9. The van der Waals surface area contributed by atoms with Gasteiger partial charge in [-0.05, 0) is 50.0 Å². The summed E-state index contributed by atoms with van der Waals surface area (Å²) < 4.78 is 5.33. The van der Waals surface area contributed by atoms with Crippen molar-refractivity contribution in [3.05, 3.63) is 35.9 Å². The second-order valence-electron chi connectivity index (χ2n) is 13.9. The number of primary amides is 2. The summed E-state index contributed by atoms with van der Waals surface area (Å²) in [7, 11) is 0. The van der Waals surface area contributed by atoms with Crippen LogP contribution in [0.15, 0.2) is 30.3 Å². The van der Waals surface area contributed by atoms with E-state index >= 15 is 0 Å². The standard InChI is InChI=1S/C37H60N6O10/c1-23(2)22-53-37(52)28(18-26(38)20-44)27(19-33(40)48)31(46)14-12-25(35(41)50)13-15-34(49)42-16-8-4-7-11-32(47)30(43-36(51)29(39)21-45)17-24-9-5-3-6-10-24/h3,5-6,9-10,23,25-30,44-45H,4,7-8,11-22,38-39H2,1-2H3,(H2,40,48)(H2,41,50)(H,42,49)(H,43,51). The van der Waals surface area contributed by atoms with Crippen molar-refractivity contribution in [2.24, 2.45) is 46.6 Å². The molecule has 16 heteroatoms. The number of hydrogen-bond donors (Lipinski definition) is 8. The number of benzene rings is 1. The van der Waals surface area contributed by atoms with E-state index in [9.17, 15) is 43.8 Å². The van der Waals surface area contributed by atoms with Gasteiger partial charge in [-0.2, -0.15) is 0 Å². The molecule has 1 aromatic rings. The fraction of sp³-hybridized carbons (Fsp3) is 0.649. The van der Waals surface area contributed by atoms with Crippen molar-refractivity contribution in [3.8, 4) is 0 Å². The van der Waals surface area contributed by atoms with Gasteiger partial charge < -0.3 is 48.5 Å². The average Bonchev–Trinajstić information content (AvgIpc) is 3.12. The Morgan fingerprint density at radius 1 is 0.811 bits per heavy atom. The smallest absolute Gasteiger partial charge is 0.309 e. The maximum Gasteiger partial charge on any atom is 0.309 e. The molecule has 1 aromatic carbocycles. The minimum Gasteiger partial charge on any atom is -0.465 e. The molecule has 0 fully saturated rings. The molecule has 0 aliphatic heterocycles. The van der Waals surface area contributed by atoms with Gasteiger partial charge in [-0.1, -0.05) is 50.6 Å². The number of carbonyl (C=O) groups excluding carboxylic acids is 7. The molecule has 0 aliphatic carbocycles. The van der Waals surface area contributed by atoms with E-state index in [2.05, 4.69) is 10.6 Å². The van der Waals surface area contributed by atoms with Gasteiger partial charge in [0.1, 0.15) is 11.8 Å². The number of carbonyl (C=O) groups is 7. The van der Waals surface area contributed by atoms with Crippen LogP contribution >= 0.6 is 0 Å². The van der Waals surface area contributed by atoms with Gasteiger partial charge in [-0.25, -0.2) is 0 Å². The summed E-state index contributed by atoms with van der Waals surface area (Å²) in [6, 6.07) is 6.39. The van der Waals surface area contributed by atoms with Crippen molar-refractivity contribution in [1.82, 2.24) is 10.6 Å². The quantitative estimate of drug-likeness (QED) is 0.0381. The first-order valence-corrected chi connectivity index (χ1v) is 18.2. The molecule has 0 aliphatic rings. The molecular formula is C37H60N6O10. The van der Waals surface area contributed by atoms with Crippen LogP contribution in [0.1, 0.15) is 83.6 Å². The number of nitrogens with two attached hydrogens (primary N) is 4. The molecule has 1 rings (SSSR count). The summed E-state index contributed by atoms with van der Waals surface area (Å²) in [5.41, 5.74) is 23.3. The molecule has 6 atom stereocenters. The number of esters is 1. The normalized spacial score (nSPS) is 14.6. The fourth-order valence-corrected chi connectivity index (χ4v) is 5.66. The van der Waals surface area contributed by atoms with E-state index in [0.717, 1.165) is 5.56 Å². The Hall–Kier alpha value is -4.25. The van der Waals surface area contributed by atoms with E-state index in [0.29, 0.717) is 25.8 Å². The van der Waals surface area contributed by atoms with Crippen molar-refractivity contribution in [2.75, 3.05) is 26.4 Å². The highest BCUT2D eigenvalue weighted by Crippen LogP contribution is 2.27. The molecule has 12 N–H and O–H groups in total. The molecule has 0 saturated carbocycles. The van der Waals surface area contributed by atoms with Gasteiger partial charge in [-0.3, -0.25) is 33.6 Å². The Labute approximate surface area is 311 Å². The SMILES string of the molecule is CC(C)COC(=O)C(CC(N)CO)C(CC(N)=O)C(=O)CCC(CCC(=O)NCCCCCC(=O)C(Cc1ccccc1)NC(=O)C(N)CO)C(N)=O. The van der Waals surface area contributed by atoms with Crippen molar-refractivity contribution in [2.45, 2.75) is 103 Å². The topological polar surface area (TPSA) is 297 Å². The van der Waals surface area contributed by atoms with E-state index in [1.807, 2.05) is 44.2 Å². The predicted molar refractivity (Wildman–Crippen MR) is 196 cm³/mol. The van der Waals surface area contributed by atoms with E-state index < -0.39 is 85.0 Å². The molecule has 53 heavy (non-hydrogen) atoms. The molecule has 298 valence electrons. The minimum atomic E-state index is -1.19.